The van der Waals surface area contributed by atoms with Crippen molar-refractivity contribution in [1.82, 2.24) is 10.6 Å². The van der Waals surface area contributed by atoms with Crippen LogP contribution in [0.1, 0.15) is 17.5 Å². The van der Waals surface area contributed by atoms with Gasteiger partial charge in [0.2, 0.25) is 5.91 Å². The lowest BCUT2D eigenvalue weighted by atomic mass is 10.1. The third kappa shape index (κ3) is 6.71. The molecule has 19 heavy (non-hydrogen) atoms. The summed E-state index contributed by atoms with van der Waals surface area (Å²) in [7, 11) is 1.62. The van der Waals surface area contributed by atoms with Crippen molar-refractivity contribution in [3.8, 4) is 0 Å². The van der Waals surface area contributed by atoms with Gasteiger partial charge in [0, 0.05) is 37.6 Å². The van der Waals surface area contributed by atoms with Gasteiger partial charge in [0.1, 0.15) is 0 Å². The van der Waals surface area contributed by atoms with E-state index in [1.807, 2.05) is 6.07 Å². The molecule has 0 saturated carbocycles. The third-order valence-electron chi connectivity index (χ3n) is 2.71. The van der Waals surface area contributed by atoms with Crippen LogP contribution in [0.25, 0.3) is 0 Å². The summed E-state index contributed by atoms with van der Waals surface area (Å²) in [6.45, 7) is 4.64. The first-order valence-electron chi connectivity index (χ1n) is 6.35. The molecule has 1 amide bonds. The molecule has 2 N–H and O–H groups in total. The summed E-state index contributed by atoms with van der Waals surface area (Å²) in [5.41, 5.74) is 2.44. The molecule has 0 heterocycles. The fourth-order valence-corrected chi connectivity index (χ4v) is 1.88. The van der Waals surface area contributed by atoms with Gasteiger partial charge in [-0.05, 0) is 24.1 Å². The highest BCUT2D eigenvalue weighted by molar-refractivity contribution is 9.10. The van der Waals surface area contributed by atoms with Crippen LogP contribution in [0, 0.1) is 6.92 Å². The number of carbonyl (C=O) groups is 1. The number of carbonyl (C=O) groups excluding carboxylic acids is 1. The van der Waals surface area contributed by atoms with Gasteiger partial charge in [-0.2, -0.15) is 0 Å². The Hall–Kier alpha value is -0.910. The molecule has 0 fully saturated rings. The maximum absolute atomic E-state index is 11.4. The van der Waals surface area contributed by atoms with Gasteiger partial charge in [-0.25, -0.2) is 0 Å². The fraction of sp³-hybridized carbons (Fsp3) is 0.500. The second kappa shape index (κ2) is 9.07. The van der Waals surface area contributed by atoms with Gasteiger partial charge in [0.15, 0.2) is 0 Å². The van der Waals surface area contributed by atoms with E-state index in [0.717, 1.165) is 11.0 Å². The molecule has 106 valence electrons. The number of halogens is 1. The van der Waals surface area contributed by atoms with E-state index in [9.17, 15) is 4.79 Å². The maximum atomic E-state index is 11.4. The van der Waals surface area contributed by atoms with Gasteiger partial charge in [0.25, 0.3) is 0 Å². The van der Waals surface area contributed by atoms with Crippen LogP contribution < -0.4 is 10.6 Å². The zero-order valence-corrected chi connectivity index (χ0v) is 13.0. The second-order valence-corrected chi connectivity index (χ2v) is 5.21. The minimum Gasteiger partial charge on any atom is -0.383 e. The van der Waals surface area contributed by atoms with Crippen LogP contribution in [0.3, 0.4) is 0 Å². The number of hydrogen-bond acceptors (Lipinski definition) is 3. The molecule has 5 heteroatoms. The Morgan fingerprint density at radius 3 is 2.84 bits per heavy atom. The van der Waals surface area contributed by atoms with Crippen LogP contribution in [0.5, 0.6) is 0 Å². The average Bonchev–Trinajstić information content (AvgIpc) is 2.39. The quantitative estimate of drug-likeness (QED) is 0.717. The summed E-state index contributed by atoms with van der Waals surface area (Å²) in [6, 6.07) is 6.25. The summed E-state index contributed by atoms with van der Waals surface area (Å²) in [4.78, 5) is 11.4. The molecule has 0 bridgehead atoms. The summed E-state index contributed by atoms with van der Waals surface area (Å²) in [6.07, 6.45) is 0.485. The van der Waals surface area contributed by atoms with Crippen LogP contribution in [-0.2, 0) is 16.1 Å². The van der Waals surface area contributed by atoms with Crippen molar-refractivity contribution in [3.63, 3.8) is 0 Å². The van der Waals surface area contributed by atoms with E-state index in [0.29, 0.717) is 26.1 Å². The Balaban J connectivity index is 2.16. The lowest BCUT2D eigenvalue weighted by Gasteiger charge is -2.07. The number of hydrogen-bond donors (Lipinski definition) is 2. The Morgan fingerprint density at radius 2 is 2.16 bits per heavy atom. The van der Waals surface area contributed by atoms with E-state index in [4.69, 9.17) is 4.74 Å². The van der Waals surface area contributed by atoms with Crippen LogP contribution >= 0.6 is 15.9 Å². The number of rotatable bonds is 8. The number of amides is 1. The molecule has 0 spiro atoms. The summed E-state index contributed by atoms with van der Waals surface area (Å²) < 4.78 is 5.98. The number of aryl methyl sites for hydroxylation is 1. The minimum absolute atomic E-state index is 0.0523. The number of benzene rings is 1. The summed E-state index contributed by atoms with van der Waals surface area (Å²) in [5, 5.41) is 6.05. The second-order valence-electron chi connectivity index (χ2n) is 4.35. The molecule has 4 nitrogen and oxygen atoms in total. The molecule has 0 radical (unpaired) electrons. The number of nitrogens with one attached hydrogen (secondary N) is 2. The highest BCUT2D eigenvalue weighted by atomic mass is 79.9. The molecule has 0 atom stereocenters. The van der Waals surface area contributed by atoms with E-state index in [-0.39, 0.29) is 5.91 Å². The first-order chi connectivity index (χ1) is 9.13. The van der Waals surface area contributed by atoms with Crippen LogP contribution in [-0.4, -0.2) is 32.7 Å². The minimum atomic E-state index is 0.0523. The highest BCUT2D eigenvalue weighted by Gasteiger charge is 2.01. The summed E-state index contributed by atoms with van der Waals surface area (Å²) >= 11 is 3.48. The van der Waals surface area contributed by atoms with Gasteiger partial charge in [-0.1, -0.05) is 28.1 Å². The zero-order chi connectivity index (χ0) is 14.1. The van der Waals surface area contributed by atoms with Crippen LogP contribution in [0.15, 0.2) is 22.7 Å². The molecular weight excluding hydrogens is 308 g/mol. The molecule has 0 aliphatic heterocycles. The average molecular weight is 329 g/mol. The summed E-state index contributed by atoms with van der Waals surface area (Å²) in [5.74, 6) is 0.0523. The van der Waals surface area contributed by atoms with E-state index in [1.165, 1.54) is 11.1 Å². The third-order valence-corrected chi connectivity index (χ3v) is 3.60. The monoisotopic (exact) mass is 328 g/mol. The number of methoxy groups -OCH3 is 1. The Kier molecular flexibility index (Phi) is 7.70. The van der Waals surface area contributed by atoms with Gasteiger partial charge >= 0.3 is 0 Å². The van der Waals surface area contributed by atoms with E-state index >= 15 is 0 Å². The first kappa shape index (κ1) is 16.1. The maximum Gasteiger partial charge on any atom is 0.221 e. The van der Waals surface area contributed by atoms with Gasteiger partial charge in [-0.15, -0.1) is 0 Å². The largest absolute Gasteiger partial charge is 0.383 e. The molecule has 0 aliphatic carbocycles. The van der Waals surface area contributed by atoms with E-state index in [2.05, 4.69) is 45.6 Å². The molecule has 1 aromatic carbocycles. The fourth-order valence-electron chi connectivity index (χ4n) is 1.63. The topological polar surface area (TPSA) is 50.4 Å². The van der Waals surface area contributed by atoms with Crippen LogP contribution in [0.2, 0.25) is 0 Å². The van der Waals surface area contributed by atoms with Crippen molar-refractivity contribution in [2.45, 2.75) is 19.9 Å². The Labute approximate surface area is 123 Å². The van der Waals surface area contributed by atoms with Crippen molar-refractivity contribution in [3.05, 3.63) is 33.8 Å². The van der Waals surface area contributed by atoms with Crippen molar-refractivity contribution in [2.24, 2.45) is 0 Å². The molecule has 1 rings (SSSR count). The highest BCUT2D eigenvalue weighted by Crippen LogP contribution is 2.16. The van der Waals surface area contributed by atoms with Gasteiger partial charge < -0.3 is 15.4 Å². The lowest BCUT2D eigenvalue weighted by molar-refractivity contribution is -0.121. The van der Waals surface area contributed by atoms with E-state index in [1.54, 1.807) is 7.11 Å². The van der Waals surface area contributed by atoms with Gasteiger partial charge in [-0.3, -0.25) is 4.79 Å². The lowest BCUT2D eigenvalue weighted by Crippen LogP contribution is -2.29. The standard InChI is InChI=1S/C14H21BrN2O2/c1-11-9-12(3-4-13(11)15)10-16-6-5-14(18)17-7-8-19-2/h3-4,9,16H,5-8,10H2,1-2H3,(H,17,18). The SMILES string of the molecule is COCCNC(=O)CCNCc1ccc(Br)c(C)c1. The zero-order valence-electron chi connectivity index (χ0n) is 11.5. The first-order valence-corrected chi connectivity index (χ1v) is 7.14. The van der Waals surface area contributed by atoms with Crippen molar-refractivity contribution in [2.75, 3.05) is 26.8 Å². The predicted molar refractivity (Wildman–Crippen MR) is 80.1 cm³/mol. The number of ether oxygens (including phenoxy) is 1. The smallest absolute Gasteiger partial charge is 0.221 e. The molecule has 0 saturated heterocycles. The Bertz CT molecular complexity index is 410. The van der Waals surface area contributed by atoms with Crippen molar-refractivity contribution in [1.29, 1.82) is 0 Å². The van der Waals surface area contributed by atoms with Gasteiger partial charge in [0.05, 0.1) is 6.61 Å². The molecule has 1 aromatic rings. The molecule has 0 aliphatic rings. The van der Waals surface area contributed by atoms with Crippen molar-refractivity contribution >= 4 is 21.8 Å². The van der Waals surface area contributed by atoms with Crippen LogP contribution in [0.4, 0.5) is 0 Å². The van der Waals surface area contributed by atoms with Crippen molar-refractivity contribution < 1.29 is 9.53 Å². The predicted octanol–water partition coefficient (Wildman–Crippen LogP) is 2.00. The van der Waals surface area contributed by atoms with E-state index < -0.39 is 0 Å². The molecule has 0 unspecified atom stereocenters. The molecule has 0 aromatic heterocycles. The Morgan fingerprint density at radius 1 is 1.37 bits per heavy atom. The molecular formula is C14H21BrN2O2. The normalized spacial score (nSPS) is 10.5.